The van der Waals surface area contributed by atoms with Crippen molar-refractivity contribution in [1.82, 2.24) is 10.2 Å². The molecule has 0 spiro atoms. The molecule has 1 aliphatic rings. The van der Waals surface area contributed by atoms with Crippen molar-refractivity contribution in [3.05, 3.63) is 0 Å². The Morgan fingerprint density at radius 3 is 2.75 bits per heavy atom. The summed E-state index contributed by atoms with van der Waals surface area (Å²) < 4.78 is 12.3. The van der Waals surface area contributed by atoms with Crippen molar-refractivity contribution in [2.45, 2.75) is 52.1 Å². The van der Waals surface area contributed by atoms with Gasteiger partial charge >= 0.3 is 0 Å². The highest BCUT2D eigenvalue weighted by Crippen LogP contribution is 2.22. The fourth-order valence-electron chi connectivity index (χ4n) is 2.53. The van der Waals surface area contributed by atoms with Crippen LogP contribution < -0.4 is 5.32 Å². The summed E-state index contributed by atoms with van der Waals surface area (Å²) in [5, 5.41) is 3.59. The molecule has 16 heavy (non-hydrogen) atoms. The number of piperazine rings is 1. The number of halogens is 1. The highest BCUT2D eigenvalue weighted by molar-refractivity contribution is 4.93. The first-order chi connectivity index (χ1) is 7.50. The van der Waals surface area contributed by atoms with Gasteiger partial charge in [-0.2, -0.15) is 0 Å². The number of alkyl halides is 1. The van der Waals surface area contributed by atoms with Gasteiger partial charge in [-0.3, -0.25) is 9.29 Å². The fraction of sp³-hybridized carbons (Fsp3) is 1.00. The Kier molecular flexibility index (Phi) is 5.19. The van der Waals surface area contributed by atoms with E-state index in [2.05, 4.69) is 37.9 Å². The molecule has 2 unspecified atom stereocenters. The van der Waals surface area contributed by atoms with Gasteiger partial charge < -0.3 is 5.32 Å². The molecule has 2 nitrogen and oxygen atoms in total. The maximum atomic E-state index is 12.3. The van der Waals surface area contributed by atoms with Crippen LogP contribution in [0.15, 0.2) is 0 Å². The van der Waals surface area contributed by atoms with Gasteiger partial charge in [0.2, 0.25) is 0 Å². The van der Waals surface area contributed by atoms with Gasteiger partial charge in [0.05, 0.1) is 6.67 Å². The van der Waals surface area contributed by atoms with Crippen LogP contribution in [0.4, 0.5) is 4.39 Å². The summed E-state index contributed by atoms with van der Waals surface area (Å²) in [6.45, 7) is 11.7. The third-order valence-electron chi connectivity index (χ3n) is 3.74. The van der Waals surface area contributed by atoms with Gasteiger partial charge in [0, 0.05) is 31.2 Å². The van der Waals surface area contributed by atoms with Gasteiger partial charge in [0.15, 0.2) is 0 Å². The van der Waals surface area contributed by atoms with Crippen molar-refractivity contribution in [1.29, 1.82) is 0 Å². The zero-order valence-corrected chi connectivity index (χ0v) is 11.2. The van der Waals surface area contributed by atoms with Gasteiger partial charge in [-0.25, -0.2) is 0 Å². The van der Waals surface area contributed by atoms with E-state index in [0.29, 0.717) is 18.4 Å². The molecule has 0 amide bonds. The van der Waals surface area contributed by atoms with E-state index in [-0.39, 0.29) is 12.2 Å². The molecule has 0 radical (unpaired) electrons. The Bertz CT molecular complexity index is 206. The summed E-state index contributed by atoms with van der Waals surface area (Å²) in [6.07, 6.45) is 1.86. The van der Waals surface area contributed by atoms with Crippen molar-refractivity contribution in [3.8, 4) is 0 Å². The molecular weight excluding hydrogens is 203 g/mol. The molecular formula is C13H27FN2. The van der Waals surface area contributed by atoms with Crippen molar-refractivity contribution in [2.24, 2.45) is 5.92 Å². The van der Waals surface area contributed by atoms with Crippen LogP contribution in [-0.2, 0) is 0 Å². The van der Waals surface area contributed by atoms with E-state index in [4.69, 9.17) is 0 Å². The fourth-order valence-corrected chi connectivity index (χ4v) is 2.53. The first-order valence-electron chi connectivity index (χ1n) is 6.55. The molecule has 0 bridgehead atoms. The SMILES string of the molecule is CCC(C)C1CNC(C)(C)CN1CCCF. The second kappa shape index (κ2) is 5.97. The molecule has 1 rings (SSSR count). The molecule has 1 saturated heterocycles. The summed E-state index contributed by atoms with van der Waals surface area (Å²) in [5.41, 5.74) is 0.167. The Morgan fingerprint density at radius 1 is 1.50 bits per heavy atom. The summed E-state index contributed by atoms with van der Waals surface area (Å²) in [5.74, 6) is 0.684. The van der Waals surface area contributed by atoms with E-state index < -0.39 is 0 Å². The molecule has 0 saturated carbocycles. The molecule has 1 fully saturated rings. The highest BCUT2D eigenvalue weighted by Gasteiger charge is 2.34. The number of nitrogens with one attached hydrogen (secondary N) is 1. The molecule has 3 heteroatoms. The molecule has 96 valence electrons. The predicted molar refractivity (Wildman–Crippen MR) is 67.5 cm³/mol. The van der Waals surface area contributed by atoms with Gasteiger partial charge in [-0.1, -0.05) is 20.3 Å². The van der Waals surface area contributed by atoms with E-state index >= 15 is 0 Å². The number of rotatable bonds is 5. The Hall–Kier alpha value is -0.150. The van der Waals surface area contributed by atoms with E-state index in [1.165, 1.54) is 6.42 Å². The second-order valence-corrected chi connectivity index (χ2v) is 5.73. The van der Waals surface area contributed by atoms with Crippen LogP contribution in [0.3, 0.4) is 0 Å². The molecule has 1 aliphatic heterocycles. The maximum Gasteiger partial charge on any atom is 0.0906 e. The lowest BCUT2D eigenvalue weighted by Gasteiger charge is -2.46. The lowest BCUT2D eigenvalue weighted by Crippen LogP contribution is -2.63. The minimum absolute atomic E-state index is 0.167. The molecule has 0 aliphatic carbocycles. The van der Waals surface area contributed by atoms with Crippen LogP contribution in [0.2, 0.25) is 0 Å². The largest absolute Gasteiger partial charge is 0.309 e. The Morgan fingerprint density at radius 2 is 2.19 bits per heavy atom. The van der Waals surface area contributed by atoms with Crippen LogP contribution in [0, 0.1) is 5.92 Å². The van der Waals surface area contributed by atoms with Crippen LogP contribution in [0.5, 0.6) is 0 Å². The topological polar surface area (TPSA) is 15.3 Å². The quantitative estimate of drug-likeness (QED) is 0.780. The van der Waals surface area contributed by atoms with E-state index in [1.54, 1.807) is 0 Å². The normalized spacial score (nSPS) is 27.9. The minimum atomic E-state index is -0.197. The van der Waals surface area contributed by atoms with Crippen LogP contribution >= 0.6 is 0 Å². The van der Waals surface area contributed by atoms with E-state index in [9.17, 15) is 4.39 Å². The molecule has 0 aromatic carbocycles. The molecule has 0 aromatic heterocycles. The zero-order valence-electron chi connectivity index (χ0n) is 11.2. The Labute approximate surface area is 99.6 Å². The number of hydrogen-bond acceptors (Lipinski definition) is 2. The average Bonchev–Trinajstić information content (AvgIpc) is 2.24. The molecule has 1 heterocycles. The minimum Gasteiger partial charge on any atom is -0.309 e. The first kappa shape index (κ1) is 13.9. The average molecular weight is 230 g/mol. The molecule has 1 N–H and O–H groups in total. The summed E-state index contributed by atoms with van der Waals surface area (Å²) in [4.78, 5) is 2.48. The van der Waals surface area contributed by atoms with Crippen molar-refractivity contribution in [2.75, 3.05) is 26.3 Å². The molecule has 0 aromatic rings. The van der Waals surface area contributed by atoms with Gasteiger partial charge in [0.25, 0.3) is 0 Å². The summed E-state index contributed by atoms with van der Waals surface area (Å²) in [6, 6.07) is 0.574. The number of hydrogen-bond donors (Lipinski definition) is 1. The van der Waals surface area contributed by atoms with Gasteiger partial charge in [-0.05, 0) is 26.2 Å². The lowest BCUT2D eigenvalue weighted by atomic mass is 9.90. The Balaban J connectivity index is 2.60. The highest BCUT2D eigenvalue weighted by atomic mass is 19.1. The van der Waals surface area contributed by atoms with Crippen LogP contribution in [0.1, 0.15) is 40.5 Å². The summed E-state index contributed by atoms with van der Waals surface area (Å²) >= 11 is 0. The van der Waals surface area contributed by atoms with Gasteiger partial charge in [-0.15, -0.1) is 0 Å². The second-order valence-electron chi connectivity index (χ2n) is 5.73. The maximum absolute atomic E-state index is 12.3. The van der Waals surface area contributed by atoms with Gasteiger partial charge in [0.1, 0.15) is 0 Å². The van der Waals surface area contributed by atoms with E-state index in [0.717, 1.165) is 19.6 Å². The standard InChI is InChI=1S/C13H27FN2/c1-5-11(2)12-9-15-13(3,4)10-16(12)8-6-7-14/h11-12,15H,5-10H2,1-4H3. The van der Waals surface area contributed by atoms with E-state index in [1.807, 2.05) is 0 Å². The smallest absolute Gasteiger partial charge is 0.0906 e. The van der Waals surface area contributed by atoms with Crippen molar-refractivity contribution >= 4 is 0 Å². The number of nitrogens with zero attached hydrogens (tertiary/aromatic N) is 1. The zero-order chi connectivity index (χ0) is 12.2. The molecule has 2 atom stereocenters. The van der Waals surface area contributed by atoms with Crippen molar-refractivity contribution in [3.63, 3.8) is 0 Å². The van der Waals surface area contributed by atoms with Crippen LogP contribution in [-0.4, -0.2) is 42.8 Å². The monoisotopic (exact) mass is 230 g/mol. The first-order valence-corrected chi connectivity index (χ1v) is 6.55. The third kappa shape index (κ3) is 3.70. The lowest BCUT2D eigenvalue weighted by molar-refractivity contribution is 0.0611. The summed E-state index contributed by atoms with van der Waals surface area (Å²) in [7, 11) is 0. The third-order valence-corrected chi connectivity index (χ3v) is 3.74. The predicted octanol–water partition coefficient (Wildman–Crippen LogP) is 2.44. The van der Waals surface area contributed by atoms with Crippen LogP contribution in [0.25, 0.3) is 0 Å². The van der Waals surface area contributed by atoms with Crippen molar-refractivity contribution < 1.29 is 4.39 Å².